The summed E-state index contributed by atoms with van der Waals surface area (Å²) in [5, 5.41) is 0. The molecule has 2 rings (SSSR count). The van der Waals surface area contributed by atoms with E-state index in [0.29, 0.717) is 12.2 Å². The molecule has 0 saturated carbocycles. The molecule has 1 aliphatic rings. The van der Waals surface area contributed by atoms with Gasteiger partial charge in [0.1, 0.15) is 17.5 Å². The molecule has 1 fully saturated rings. The summed E-state index contributed by atoms with van der Waals surface area (Å²) in [5.74, 6) is 0.510. The number of rotatable bonds is 7. The van der Waals surface area contributed by atoms with Crippen LogP contribution in [0.4, 0.5) is 5.82 Å². The van der Waals surface area contributed by atoms with Crippen LogP contribution < -0.4 is 11.4 Å². The molecule has 8 nitrogen and oxygen atoms in total. The summed E-state index contributed by atoms with van der Waals surface area (Å²) in [6, 6.07) is 1.55. The van der Waals surface area contributed by atoms with E-state index >= 15 is 0 Å². The zero-order valence-electron chi connectivity index (χ0n) is 12.3. The maximum Gasteiger partial charge on any atom is 0.351 e. The van der Waals surface area contributed by atoms with Crippen LogP contribution in [0.2, 0.25) is 0 Å². The van der Waals surface area contributed by atoms with Gasteiger partial charge in [-0.05, 0) is 12.5 Å². The second kappa shape index (κ2) is 8.16. The molecule has 2 N–H and O–H groups in total. The van der Waals surface area contributed by atoms with Crippen molar-refractivity contribution in [2.24, 2.45) is 0 Å². The topological polar surface area (TPSA) is 106 Å². The summed E-state index contributed by atoms with van der Waals surface area (Å²) < 4.78 is 17.2. The Morgan fingerprint density at radius 3 is 3.18 bits per heavy atom. The summed E-state index contributed by atoms with van der Waals surface area (Å²) in [6.45, 7) is 2.09. The summed E-state index contributed by atoms with van der Waals surface area (Å²) in [6.07, 6.45) is 2.28. The molecule has 0 spiro atoms. The minimum atomic E-state index is -0.444. The van der Waals surface area contributed by atoms with Crippen LogP contribution in [-0.4, -0.2) is 40.1 Å². The zero-order chi connectivity index (χ0) is 15.9. The van der Waals surface area contributed by atoms with Crippen LogP contribution in [-0.2, 0) is 19.0 Å². The van der Waals surface area contributed by atoms with E-state index in [9.17, 15) is 9.59 Å². The van der Waals surface area contributed by atoms with E-state index < -0.39 is 11.9 Å². The van der Waals surface area contributed by atoms with Crippen LogP contribution in [0.1, 0.15) is 26.0 Å². The van der Waals surface area contributed by atoms with E-state index in [1.54, 1.807) is 12.3 Å². The molecule has 1 aliphatic heterocycles. The lowest BCUT2D eigenvalue weighted by atomic mass is 10.3. The first-order valence-electron chi connectivity index (χ1n) is 6.95. The number of carbonyl (C=O) groups excluding carboxylic acids is 1. The highest BCUT2D eigenvalue weighted by Crippen LogP contribution is 2.30. The Morgan fingerprint density at radius 1 is 1.64 bits per heavy atom. The van der Waals surface area contributed by atoms with E-state index in [0.717, 1.165) is 6.42 Å². The van der Waals surface area contributed by atoms with Gasteiger partial charge in [-0.15, -0.1) is 11.8 Å². The molecule has 0 bridgehead atoms. The quantitative estimate of drug-likeness (QED) is 0.443. The molecule has 0 amide bonds. The normalized spacial score (nSPS) is 21.0. The molecule has 2 atom stereocenters. The number of ether oxygens (including phenoxy) is 3. The number of anilines is 1. The third kappa shape index (κ3) is 4.72. The van der Waals surface area contributed by atoms with E-state index in [1.807, 2.05) is 6.92 Å². The Morgan fingerprint density at radius 2 is 2.45 bits per heavy atom. The standard InChI is InChI=1S/C13H19N3O5S/c1-2-3-11(17)20-8-19-6-12-21-10(7-22-12)16-5-4-9(14)15-13(16)18/h4-5,10,12H,2-3,6-8H2,1H3,(H2,14,15,18)/t10-,12+/m1/s1. The Balaban J connectivity index is 1.74. The van der Waals surface area contributed by atoms with Crippen LogP contribution in [0.15, 0.2) is 17.1 Å². The van der Waals surface area contributed by atoms with Crippen molar-refractivity contribution in [2.75, 3.05) is 24.9 Å². The Hall–Kier alpha value is -1.58. The highest BCUT2D eigenvalue weighted by molar-refractivity contribution is 8.00. The smallest absolute Gasteiger partial charge is 0.351 e. The summed E-state index contributed by atoms with van der Waals surface area (Å²) in [4.78, 5) is 26.5. The highest BCUT2D eigenvalue weighted by atomic mass is 32.2. The third-order valence-corrected chi connectivity index (χ3v) is 4.00. The van der Waals surface area contributed by atoms with Gasteiger partial charge in [-0.2, -0.15) is 4.98 Å². The van der Waals surface area contributed by atoms with Gasteiger partial charge in [-0.1, -0.05) is 6.92 Å². The van der Waals surface area contributed by atoms with Crippen molar-refractivity contribution in [1.29, 1.82) is 0 Å². The number of thioether (sulfide) groups is 1. The minimum absolute atomic E-state index is 0.0900. The number of aromatic nitrogens is 2. The Labute approximate surface area is 131 Å². The van der Waals surface area contributed by atoms with Crippen molar-refractivity contribution in [3.05, 3.63) is 22.7 Å². The van der Waals surface area contributed by atoms with Gasteiger partial charge in [0.05, 0.1) is 6.61 Å². The van der Waals surface area contributed by atoms with Crippen molar-refractivity contribution in [3.63, 3.8) is 0 Å². The lowest BCUT2D eigenvalue weighted by Crippen LogP contribution is -2.28. The molecule has 9 heteroatoms. The van der Waals surface area contributed by atoms with Crippen LogP contribution >= 0.6 is 11.8 Å². The summed E-state index contributed by atoms with van der Waals surface area (Å²) in [7, 11) is 0. The van der Waals surface area contributed by atoms with Crippen molar-refractivity contribution in [2.45, 2.75) is 31.4 Å². The average Bonchev–Trinajstić information content (AvgIpc) is 2.92. The Bertz CT molecular complexity index is 565. The minimum Gasteiger partial charge on any atom is -0.438 e. The molecule has 0 aromatic carbocycles. The number of hydrogen-bond donors (Lipinski definition) is 1. The first kappa shape index (κ1) is 16.8. The van der Waals surface area contributed by atoms with E-state index in [4.69, 9.17) is 19.9 Å². The monoisotopic (exact) mass is 329 g/mol. The fraction of sp³-hybridized carbons (Fsp3) is 0.615. The molecule has 0 radical (unpaired) electrons. The molecular weight excluding hydrogens is 310 g/mol. The number of hydrogen-bond acceptors (Lipinski definition) is 8. The molecular formula is C13H19N3O5S. The number of carbonyl (C=O) groups is 1. The van der Waals surface area contributed by atoms with E-state index in [2.05, 4.69) is 4.98 Å². The second-order valence-corrected chi connectivity index (χ2v) is 5.84. The lowest BCUT2D eigenvalue weighted by molar-refractivity contribution is -0.158. The average molecular weight is 329 g/mol. The number of nitrogens with zero attached hydrogens (tertiary/aromatic N) is 2. The highest BCUT2D eigenvalue weighted by Gasteiger charge is 2.28. The largest absolute Gasteiger partial charge is 0.438 e. The van der Waals surface area contributed by atoms with Crippen LogP contribution in [0.25, 0.3) is 0 Å². The molecule has 1 saturated heterocycles. The first-order valence-corrected chi connectivity index (χ1v) is 8.00. The second-order valence-electron chi connectivity index (χ2n) is 4.65. The maximum atomic E-state index is 11.7. The number of nitrogen functional groups attached to an aromatic ring is 1. The van der Waals surface area contributed by atoms with Crippen molar-refractivity contribution in [3.8, 4) is 0 Å². The van der Waals surface area contributed by atoms with Gasteiger partial charge in [0.15, 0.2) is 6.79 Å². The molecule has 22 heavy (non-hydrogen) atoms. The molecule has 0 unspecified atom stereocenters. The molecule has 1 aromatic rings. The van der Waals surface area contributed by atoms with Gasteiger partial charge in [-0.3, -0.25) is 9.36 Å². The molecule has 122 valence electrons. The first-order chi connectivity index (χ1) is 10.6. The fourth-order valence-electron chi connectivity index (χ4n) is 1.85. The summed E-state index contributed by atoms with van der Waals surface area (Å²) in [5.41, 5.74) is 4.78. The van der Waals surface area contributed by atoms with Crippen LogP contribution in [0, 0.1) is 0 Å². The SMILES string of the molecule is CCCC(=O)OCOC[C@H]1O[C@@H](n2ccc(N)nc2=O)CS1. The predicted molar refractivity (Wildman–Crippen MR) is 81.1 cm³/mol. The van der Waals surface area contributed by atoms with Crippen molar-refractivity contribution >= 4 is 23.5 Å². The molecule has 2 heterocycles. The molecule has 1 aromatic heterocycles. The van der Waals surface area contributed by atoms with Gasteiger partial charge < -0.3 is 19.9 Å². The third-order valence-electron chi connectivity index (χ3n) is 2.91. The number of esters is 1. The Kier molecular flexibility index (Phi) is 6.22. The van der Waals surface area contributed by atoms with Crippen LogP contribution in [0.3, 0.4) is 0 Å². The van der Waals surface area contributed by atoms with Crippen LogP contribution in [0.5, 0.6) is 0 Å². The van der Waals surface area contributed by atoms with E-state index in [1.165, 1.54) is 16.3 Å². The van der Waals surface area contributed by atoms with Gasteiger partial charge in [0, 0.05) is 18.4 Å². The zero-order valence-corrected chi connectivity index (χ0v) is 13.1. The van der Waals surface area contributed by atoms with E-state index in [-0.39, 0.29) is 30.6 Å². The number of nitrogens with two attached hydrogens (primary N) is 1. The molecule has 0 aliphatic carbocycles. The van der Waals surface area contributed by atoms with Gasteiger partial charge in [-0.25, -0.2) is 4.79 Å². The van der Waals surface area contributed by atoms with Gasteiger partial charge >= 0.3 is 11.7 Å². The maximum absolute atomic E-state index is 11.7. The summed E-state index contributed by atoms with van der Waals surface area (Å²) >= 11 is 1.52. The van der Waals surface area contributed by atoms with Gasteiger partial charge in [0.25, 0.3) is 0 Å². The van der Waals surface area contributed by atoms with Gasteiger partial charge in [0.2, 0.25) is 0 Å². The predicted octanol–water partition coefficient (Wildman–Crippen LogP) is 0.731. The fourth-order valence-corrected chi connectivity index (χ4v) is 2.87. The van der Waals surface area contributed by atoms with Crippen molar-refractivity contribution < 1.29 is 19.0 Å². The van der Waals surface area contributed by atoms with Crippen molar-refractivity contribution in [1.82, 2.24) is 9.55 Å². The lowest BCUT2D eigenvalue weighted by Gasteiger charge is -2.14.